The van der Waals surface area contributed by atoms with Crippen molar-refractivity contribution in [1.29, 1.82) is 0 Å². The van der Waals surface area contributed by atoms with E-state index in [-0.39, 0.29) is 42.4 Å². The van der Waals surface area contributed by atoms with Crippen LogP contribution in [0.3, 0.4) is 0 Å². The van der Waals surface area contributed by atoms with E-state index in [9.17, 15) is 18.0 Å². The highest BCUT2D eigenvalue weighted by atomic mass is 35.5. The molecule has 2 saturated carbocycles. The number of alkyl halides is 3. The van der Waals surface area contributed by atoms with E-state index < -0.39 is 11.9 Å². The first kappa shape index (κ1) is 21.0. The summed E-state index contributed by atoms with van der Waals surface area (Å²) in [5.41, 5.74) is 5.36. The summed E-state index contributed by atoms with van der Waals surface area (Å²) in [7, 11) is 3.02. The minimum Gasteiger partial charge on any atom is -0.341 e. The van der Waals surface area contributed by atoms with Gasteiger partial charge in [-0.25, -0.2) is 0 Å². The van der Waals surface area contributed by atoms with E-state index in [0.717, 1.165) is 36.8 Å². The average Bonchev–Trinajstić information content (AvgIpc) is 2.87. The molecule has 2 N–H and O–H groups in total. The van der Waals surface area contributed by atoms with Gasteiger partial charge in [0, 0.05) is 44.4 Å². The second kappa shape index (κ2) is 7.76. The molecule has 26 heavy (non-hydrogen) atoms. The van der Waals surface area contributed by atoms with Crippen molar-refractivity contribution in [3.63, 3.8) is 0 Å². The third kappa shape index (κ3) is 4.17. The zero-order valence-corrected chi connectivity index (χ0v) is 15.8. The molecule has 3 rings (SSSR count). The number of rotatable bonds is 3. The van der Waals surface area contributed by atoms with Crippen molar-refractivity contribution >= 4 is 18.3 Å². The van der Waals surface area contributed by atoms with E-state index in [4.69, 9.17) is 5.73 Å². The number of amides is 1. The molecule has 1 heterocycles. The number of fused-ring (bicyclic) bond motifs is 2. The Balaban J connectivity index is 0.00000243. The smallest absolute Gasteiger partial charge is 0.341 e. The maximum absolute atomic E-state index is 13.1. The monoisotopic (exact) mass is 394 g/mol. The van der Waals surface area contributed by atoms with Crippen molar-refractivity contribution in [2.75, 3.05) is 7.05 Å². The van der Waals surface area contributed by atoms with Gasteiger partial charge in [-0.15, -0.1) is 12.4 Å². The quantitative estimate of drug-likeness (QED) is 0.857. The van der Waals surface area contributed by atoms with Crippen molar-refractivity contribution in [2.24, 2.45) is 30.5 Å². The van der Waals surface area contributed by atoms with Crippen molar-refractivity contribution in [1.82, 2.24) is 14.7 Å². The van der Waals surface area contributed by atoms with Crippen LogP contribution in [0.1, 0.15) is 43.4 Å². The van der Waals surface area contributed by atoms with E-state index in [0.29, 0.717) is 11.8 Å². The lowest BCUT2D eigenvalue weighted by Crippen LogP contribution is -2.49. The highest BCUT2D eigenvalue weighted by molar-refractivity contribution is 5.85. The Labute approximate surface area is 157 Å². The molecule has 5 nitrogen and oxygen atoms in total. The Morgan fingerprint density at radius 2 is 1.92 bits per heavy atom. The fourth-order valence-electron chi connectivity index (χ4n) is 4.53. The molecule has 2 aliphatic carbocycles. The molecule has 9 heteroatoms. The lowest BCUT2D eigenvalue weighted by molar-refractivity contribution is -0.144. The van der Waals surface area contributed by atoms with Crippen LogP contribution >= 0.6 is 12.4 Å². The van der Waals surface area contributed by atoms with Crippen molar-refractivity contribution in [2.45, 2.75) is 50.9 Å². The first-order valence-electron chi connectivity index (χ1n) is 8.77. The fourth-order valence-corrected chi connectivity index (χ4v) is 4.53. The summed E-state index contributed by atoms with van der Waals surface area (Å²) < 4.78 is 40.4. The van der Waals surface area contributed by atoms with E-state index in [1.165, 1.54) is 18.1 Å². The van der Waals surface area contributed by atoms with Crippen LogP contribution in [-0.2, 0) is 24.6 Å². The summed E-state index contributed by atoms with van der Waals surface area (Å²) >= 11 is 0. The van der Waals surface area contributed by atoms with Crippen LogP contribution in [-0.4, -0.2) is 33.7 Å². The van der Waals surface area contributed by atoms with E-state index in [2.05, 4.69) is 5.10 Å². The lowest BCUT2D eigenvalue weighted by Gasteiger charge is -2.44. The Bertz CT molecular complexity index is 634. The van der Waals surface area contributed by atoms with E-state index in [1.807, 2.05) is 0 Å². The van der Waals surface area contributed by atoms with Crippen LogP contribution in [0.5, 0.6) is 0 Å². The van der Waals surface area contributed by atoms with Gasteiger partial charge in [0.05, 0.1) is 0 Å². The van der Waals surface area contributed by atoms with Crippen LogP contribution in [0.2, 0.25) is 0 Å². The summed E-state index contributed by atoms with van der Waals surface area (Å²) in [5.74, 6) is 0.504. The third-order valence-corrected chi connectivity index (χ3v) is 5.72. The van der Waals surface area contributed by atoms with Crippen molar-refractivity contribution in [3.8, 4) is 0 Å². The zero-order valence-electron chi connectivity index (χ0n) is 15.0. The molecule has 2 unspecified atom stereocenters. The maximum atomic E-state index is 13.1. The fraction of sp³-hybridized carbons (Fsp3) is 0.765. The molecule has 0 saturated heterocycles. The Hall–Kier alpha value is -1.28. The molecule has 2 atom stereocenters. The minimum atomic E-state index is -4.52. The topological polar surface area (TPSA) is 64.2 Å². The van der Waals surface area contributed by atoms with Gasteiger partial charge in [0.25, 0.3) is 0 Å². The van der Waals surface area contributed by atoms with Gasteiger partial charge < -0.3 is 10.6 Å². The predicted molar refractivity (Wildman–Crippen MR) is 93.5 cm³/mol. The number of nitrogens with two attached hydrogens (primary N) is 1. The molecule has 1 amide bonds. The normalized spacial score (nSPS) is 28.4. The molecule has 2 bridgehead atoms. The van der Waals surface area contributed by atoms with Crippen LogP contribution in [0, 0.1) is 17.8 Å². The standard InChI is InChI=1S/C17H25F3N4O.ClH/c1-23(8-13-9-24(2)22-15(13)17(18,19)20)16(25)12-6-10-4-3-5-11(7-12)14(10)21;/h9-12,14H,3-8,21H2,1-2H3;1H. The highest BCUT2D eigenvalue weighted by Gasteiger charge is 2.42. The largest absolute Gasteiger partial charge is 0.435 e. The van der Waals surface area contributed by atoms with Gasteiger partial charge in [-0.3, -0.25) is 9.48 Å². The summed E-state index contributed by atoms with van der Waals surface area (Å²) in [6.07, 6.45) is 1.57. The lowest BCUT2D eigenvalue weighted by atomic mass is 9.65. The average molecular weight is 395 g/mol. The second-order valence-corrected chi connectivity index (χ2v) is 7.57. The van der Waals surface area contributed by atoms with E-state index in [1.54, 1.807) is 7.05 Å². The second-order valence-electron chi connectivity index (χ2n) is 7.57. The van der Waals surface area contributed by atoms with Crippen molar-refractivity contribution < 1.29 is 18.0 Å². The summed E-state index contributed by atoms with van der Waals surface area (Å²) in [5, 5.41) is 3.50. The van der Waals surface area contributed by atoms with Gasteiger partial charge in [-0.1, -0.05) is 6.42 Å². The molecule has 0 radical (unpaired) electrons. The zero-order chi connectivity index (χ0) is 18.4. The first-order valence-corrected chi connectivity index (χ1v) is 8.77. The number of carbonyl (C=O) groups is 1. The molecule has 0 aromatic carbocycles. The molecule has 2 fully saturated rings. The van der Waals surface area contributed by atoms with E-state index >= 15 is 0 Å². The molecule has 0 spiro atoms. The number of hydrogen-bond acceptors (Lipinski definition) is 3. The van der Waals surface area contributed by atoms with Crippen molar-refractivity contribution in [3.05, 3.63) is 17.5 Å². The molecule has 0 aliphatic heterocycles. The summed E-state index contributed by atoms with van der Waals surface area (Å²) in [6.45, 7) is -0.0839. The minimum absolute atomic E-state index is 0. The van der Waals surface area contributed by atoms with Gasteiger partial charge in [-0.2, -0.15) is 18.3 Å². The highest BCUT2D eigenvalue weighted by Crippen LogP contribution is 2.42. The number of aromatic nitrogens is 2. The van der Waals surface area contributed by atoms with Crippen LogP contribution in [0.4, 0.5) is 13.2 Å². The Morgan fingerprint density at radius 3 is 2.46 bits per heavy atom. The SMILES string of the molecule is CN(Cc1cn(C)nc1C(F)(F)F)C(=O)C1CC2CCCC(C1)C2N.Cl. The van der Waals surface area contributed by atoms with Crippen LogP contribution in [0.25, 0.3) is 0 Å². The van der Waals surface area contributed by atoms with Crippen LogP contribution in [0.15, 0.2) is 6.20 Å². The number of nitrogens with zero attached hydrogens (tertiary/aromatic N) is 3. The Morgan fingerprint density at radius 1 is 1.35 bits per heavy atom. The number of hydrogen-bond donors (Lipinski definition) is 1. The summed E-state index contributed by atoms with van der Waals surface area (Å²) in [4.78, 5) is 14.2. The third-order valence-electron chi connectivity index (χ3n) is 5.72. The first-order chi connectivity index (χ1) is 11.7. The van der Waals surface area contributed by atoms with Gasteiger partial charge >= 0.3 is 6.18 Å². The molecule has 148 valence electrons. The van der Waals surface area contributed by atoms with Gasteiger partial charge in [0.1, 0.15) is 0 Å². The number of aryl methyl sites for hydroxylation is 1. The van der Waals surface area contributed by atoms with Gasteiger partial charge in [-0.05, 0) is 37.5 Å². The molecular weight excluding hydrogens is 369 g/mol. The maximum Gasteiger partial charge on any atom is 0.435 e. The predicted octanol–water partition coefficient (Wildman–Crippen LogP) is 2.97. The molecule has 1 aromatic rings. The molecule has 1 aromatic heterocycles. The van der Waals surface area contributed by atoms with Gasteiger partial charge in [0.2, 0.25) is 5.91 Å². The Kier molecular flexibility index (Phi) is 6.28. The summed E-state index contributed by atoms with van der Waals surface area (Å²) in [6, 6.07) is 0.165. The molecule has 2 aliphatic rings. The number of carbonyl (C=O) groups excluding carboxylic acids is 1. The van der Waals surface area contributed by atoms with Gasteiger partial charge in [0.15, 0.2) is 5.69 Å². The van der Waals surface area contributed by atoms with Crippen LogP contribution < -0.4 is 5.73 Å². The number of halogens is 4. The molecular formula is C17H26ClF3N4O.